The van der Waals surface area contributed by atoms with E-state index >= 15 is 0 Å². The molecule has 0 bridgehead atoms. The van der Waals surface area contributed by atoms with E-state index < -0.39 is 4.92 Å². The summed E-state index contributed by atoms with van der Waals surface area (Å²) in [5.41, 5.74) is 2.06. The standard InChI is InChI=1S/C13H13ClN4O2/c1-2-9-5-3-4-6-10(9)7-15-12-11(18(19)20)8-16-13(14)17-12/h3-6,8H,2,7H2,1H3,(H,15,16,17). The Morgan fingerprint density at radius 1 is 1.35 bits per heavy atom. The number of rotatable bonds is 5. The van der Waals surface area contributed by atoms with Gasteiger partial charge < -0.3 is 5.32 Å². The zero-order chi connectivity index (χ0) is 14.5. The molecular formula is C13H13ClN4O2. The van der Waals surface area contributed by atoms with Crippen molar-refractivity contribution in [1.29, 1.82) is 0 Å². The molecule has 104 valence electrons. The third kappa shape index (κ3) is 3.21. The molecule has 0 unspecified atom stereocenters. The van der Waals surface area contributed by atoms with E-state index in [-0.39, 0.29) is 16.8 Å². The number of nitrogens with one attached hydrogen (secondary N) is 1. The lowest BCUT2D eigenvalue weighted by molar-refractivity contribution is -0.384. The van der Waals surface area contributed by atoms with E-state index in [2.05, 4.69) is 22.2 Å². The molecule has 7 heteroatoms. The molecule has 1 heterocycles. The average molecular weight is 293 g/mol. The van der Waals surface area contributed by atoms with Crippen molar-refractivity contribution in [3.8, 4) is 0 Å². The van der Waals surface area contributed by atoms with Crippen LogP contribution < -0.4 is 5.32 Å². The second-order valence-corrected chi connectivity index (χ2v) is 4.44. The number of nitrogens with zero attached hydrogens (tertiary/aromatic N) is 3. The smallest absolute Gasteiger partial charge is 0.329 e. The number of aryl methyl sites for hydroxylation is 1. The fourth-order valence-electron chi connectivity index (χ4n) is 1.87. The molecule has 6 nitrogen and oxygen atoms in total. The van der Waals surface area contributed by atoms with Crippen molar-refractivity contribution < 1.29 is 4.92 Å². The number of hydrogen-bond acceptors (Lipinski definition) is 5. The van der Waals surface area contributed by atoms with Crippen LogP contribution in [0.1, 0.15) is 18.1 Å². The molecule has 0 spiro atoms. The van der Waals surface area contributed by atoms with Crippen LogP contribution in [-0.4, -0.2) is 14.9 Å². The van der Waals surface area contributed by atoms with Gasteiger partial charge in [-0.15, -0.1) is 0 Å². The monoisotopic (exact) mass is 292 g/mol. The van der Waals surface area contributed by atoms with Gasteiger partial charge in [-0.05, 0) is 29.1 Å². The lowest BCUT2D eigenvalue weighted by Gasteiger charge is -2.09. The molecule has 0 amide bonds. The van der Waals surface area contributed by atoms with Crippen molar-refractivity contribution in [2.75, 3.05) is 5.32 Å². The summed E-state index contributed by atoms with van der Waals surface area (Å²) in [5.74, 6) is 0.126. The van der Waals surface area contributed by atoms with Gasteiger partial charge >= 0.3 is 5.69 Å². The summed E-state index contributed by atoms with van der Waals surface area (Å²) in [6.07, 6.45) is 1.99. The summed E-state index contributed by atoms with van der Waals surface area (Å²) in [6.45, 7) is 2.50. The fourth-order valence-corrected chi connectivity index (χ4v) is 2.00. The van der Waals surface area contributed by atoms with Gasteiger partial charge in [0, 0.05) is 6.54 Å². The van der Waals surface area contributed by atoms with Crippen molar-refractivity contribution in [2.45, 2.75) is 19.9 Å². The Hall–Kier alpha value is -2.21. The maximum Gasteiger partial charge on any atom is 0.329 e. The Morgan fingerprint density at radius 2 is 2.05 bits per heavy atom. The zero-order valence-corrected chi connectivity index (χ0v) is 11.6. The van der Waals surface area contributed by atoms with E-state index in [4.69, 9.17) is 11.6 Å². The average Bonchev–Trinajstić information content (AvgIpc) is 2.45. The van der Waals surface area contributed by atoms with Crippen LogP contribution in [0.4, 0.5) is 11.5 Å². The first-order chi connectivity index (χ1) is 9.61. The van der Waals surface area contributed by atoms with Gasteiger partial charge in [-0.2, -0.15) is 4.98 Å². The minimum Gasteiger partial charge on any atom is -0.360 e. The number of hydrogen-bond donors (Lipinski definition) is 1. The van der Waals surface area contributed by atoms with Crippen molar-refractivity contribution in [3.63, 3.8) is 0 Å². The highest BCUT2D eigenvalue weighted by Crippen LogP contribution is 2.23. The van der Waals surface area contributed by atoms with Crippen LogP contribution in [0.3, 0.4) is 0 Å². The van der Waals surface area contributed by atoms with Crippen molar-refractivity contribution in [2.24, 2.45) is 0 Å². The normalized spacial score (nSPS) is 10.3. The number of benzene rings is 1. The Kier molecular flexibility index (Phi) is 4.47. The lowest BCUT2D eigenvalue weighted by Crippen LogP contribution is -2.07. The highest BCUT2D eigenvalue weighted by molar-refractivity contribution is 6.28. The number of halogens is 1. The van der Waals surface area contributed by atoms with E-state index in [1.165, 1.54) is 5.56 Å². The van der Waals surface area contributed by atoms with Crippen LogP contribution in [0.5, 0.6) is 0 Å². The molecule has 1 aromatic carbocycles. The summed E-state index contributed by atoms with van der Waals surface area (Å²) in [4.78, 5) is 17.9. The number of aromatic nitrogens is 2. The maximum absolute atomic E-state index is 10.9. The van der Waals surface area contributed by atoms with Crippen molar-refractivity contribution in [1.82, 2.24) is 9.97 Å². The van der Waals surface area contributed by atoms with Crippen LogP contribution in [0.25, 0.3) is 0 Å². The molecular weight excluding hydrogens is 280 g/mol. The second kappa shape index (κ2) is 6.29. The molecule has 0 saturated heterocycles. The van der Waals surface area contributed by atoms with Gasteiger partial charge in [0.25, 0.3) is 0 Å². The quantitative estimate of drug-likeness (QED) is 0.520. The molecule has 0 saturated carbocycles. The van der Waals surface area contributed by atoms with E-state index in [9.17, 15) is 10.1 Å². The second-order valence-electron chi connectivity index (χ2n) is 4.11. The first-order valence-electron chi connectivity index (χ1n) is 6.09. The predicted molar refractivity (Wildman–Crippen MR) is 76.8 cm³/mol. The van der Waals surface area contributed by atoms with Gasteiger partial charge in [-0.25, -0.2) is 4.98 Å². The molecule has 0 fully saturated rings. The molecule has 1 aromatic heterocycles. The predicted octanol–water partition coefficient (Wildman–Crippen LogP) is 3.21. The van der Waals surface area contributed by atoms with Gasteiger partial charge in [0.15, 0.2) is 0 Å². The molecule has 2 aromatic rings. The molecule has 2 rings (SSSR count). The van der Waals surface area contributed by atoms with Gasteiger partial charge in [0.1, 0.15) is 6.20 Å². The van der Waals surface area contributed by atoms with E-state index in [0.717, 1.165) is 18.2 Å². The summed E-state index contributed by atoms with van der Waals surface area (Å²) in [7, 11) is 0. The van der Waals surface area contributed by atoms with E-state index in [0.29, 0.717) is 6.54 Å². The summed E-state index contributed by atoms with van der Waals surface area (Å²) < 4.78 is 0. The molecule has 0 aliphatic heterocycles. The van der Waals surface area contributed by atoms with Crippen LogP contribution in [0.15, 0.2) is 30.5 Å². The van der Waals surface area contributed by atoms with Gasteiger partial charge in [0.2, 0.25) is 11.1 Å². The van der Waals surface area contributed by atoms with E-state index in [1.807, 2.05) is 24.3 Å². The summed E-state index contributed by atoms with van der Waals surface area (Å²) in [6, 6.07) is 7.89. The van der Waals surface area contributed by atoms with Crippen LogP contribution in [0.2, 0.25) is 5.28 Å². The molecule has 0 aliphatic carbocycles. The fraction of sp³-hybridized carbons (Fsp3) is 0.231. The highest BCUT2D eigenvalue weighted by atomic mass is 35.5. The Morgan fingerprint density at radius 3 is 2.70 bits per heavy atom. The molecule has 0 atom stereocenters. The number of anilines is 1. The van der Waals surface area contributed by atoms with Crippen molar-refractivity contribution in [3.05, 3.63) is 57.0 Å². The SMILES string of the molecule is CCc1ccccc1CNc1nc(Cl)ncc1[N+](=O)[O-]. The van der Waals surface area contributed by atoms with Crippen LogP contribution in [0, 0.1) is 10.1 Å². The lowest BCUT2D eigenvalue weighted by atomic mass is 10.1. The first-order valence-corrected chi connectivity index (χ1v) is 6.47. The minimum absolute atomic E-state index is 0.0260. The maximum atomic E-state index is 10.9. The number of nitro groups is 1. The highest BCUT2D eigenvalue weighted by Gasteiger charge is 2.16. The Balaban J connectivity index is 2.22. The largest absolute Gasteiger partial charge is 0.360 e. The van der Waals surface area contributed by atoms with Crippen LogP contribution >= 0.6 is 11.6 Å². The van der Waals surface area contributed by atoms with Crippen LogP contribution in [-0.2, 0) is 13.0 Å². The molecule has 1 N–H and O–H groups in total. The topological polar surface area (TPSA) is 81.0 Å². The summed E-state index contributed by atoms with van der Waals surface area (Å²) in [5, 5.41) is 13.8. The van der Waals surface area contributed by atoms with E-state index in [1.54, 1.807) is 0 Å². The Labute approximate surface area is 121 Å². The third-order valence-electron chi connectivity index (χ3n) is 2.88. The Bertz CT molecular complexity index is 634. The first kappa shape index (κ1) is 14.2. The minimum atomic E-state index is -0.537. The van der Waals surface area contributed by atoms with Gasteiger partial charge in [-0.3, -0.25) is 10.1 Å². The molecule has 0 aliphatic rings. The molecule has 0 radical (unpaired) electrons. The van der Waals surface area contributed by atoms with Gasteiger partial charge in [-0.1, -0.05) is 31.2 Å². The third-order valence-corrected chi connectivity index (χ3v) is 3.06. The van der Waals surface area contributed by atoms with Crippen molar-refractivity contribution >= 4 is 23.1 Å². The molecule has 20 heavy (non-hydrogen) atoms. The summed E-state index contributed by atoms with van der Waals surface area (Å²) >= 11 is 5.68. The zero-order valence-electron chi connectivity index (χ0n) is 10.8. The van der Waals surface area contributed by atoms with Gasteiger partial charge in [0.05, 0.1) is 4.92 Å².